The van der Waals surface area contributed by atoms with Gasteiger partial charge in [-0.05, 0) is 103 Å². The maximum Gasteiger partial charge on any atom is 0.306 e. The van der Waals surface area contributed by atoms with E-state index in [-0.39, 0.29) is 31.1 Å². The van der Waals surface area contributed by atoms with Crippen LogP contribution in [-0.4, -0.2) is 37.2 Å². The van der Waals surface area contributed by atoms with Gasteiger partial charge in [0.2, 0.25) is 0 Å². The van der Waals surface area contributed by atoms with Crippen molar-refractivity contribution in [2.75, 3.05) is 13.2 Å². The number of hydrogen-bond donors (Lipinski definition) is 0. The fourth-order valence-corrected chi connectivity index (χ4v) is 8.64. The van der Waals surface area contributed by atoms with E-state index in [1.807, 2.05) is 0 Å². The van der Waals surface area contributed by atoms with Crippen LogP contribution in [0.3, 0.4) is 0 Å². The Bertz CT molecular complexity index is 1520. The number of rotatable bonds is 56. The molecule has 6 heteroatoms. The fraction of sp³-hybridized carbons (Fsp3) is 0.696. The van der Waals surface area contributed by atoms with Gasteiger partial charge >= 0.3 is 17.9 Å². The summed E-state index contributed by atoms with van der Waals surface area (Å²) in [4.78, 5) is 38.3. The molecule has 0 radical (unpaired) electrons. The summed E-state index contributed by atoms with van der Waals surface area (Å²) in [5.74, 6) is -0.948. The molecule has 0 aromatic rings. The monoisotopic (exact) mass is 1040 g/mol. The van der Waals surface area contributed by atoms with E-state index in [9.17, 15) is 14.4 Å². The molecule has 0 aliphatic carbocycles. The first-order valence-corrected chi connectivity index (χ1v) is 31.4. The normalized spacial score (nSPS) is 12.8. The number of hydrogen-bond acceptors (Lipinski definition) is 6. The number of esters is 3. The second-order valence-electron chi connectivity index (χ2n) is 20.6. The Morgan fingerprint density at radius 3 is 0.827 bits per heavy atom. The summed E-state index contributed by atoms with van der Waals surface area (Å²) in [6.07, 6.45) is 85.2. The van der Waals surface area contributed by atoms with Crippen molar-refractivity contribution in [3.05, 3.63) is 109 Å². The highest BCUT2D eigenvalue weighted by Crippen LogP contribution is 2.16. The summed E-state index contributed by atoms with van der Waals surface area (Å²) in [7, 11) is 0. The number of carbonyl (C=O) groups excluding carboxylic acids is 3. The number of ether oxygens (including phenoxy) is 3. The van der Waals surface area contributed by atoms with Gasteiger partial charge in [-0.15, -0.1) is 0 Å². The van der Waals surface area contributed by atoms with Crippen LogP contribution in [0, 0.1) is 0 Å². The van der Waals surface area contributed by atoms with Crippen LogP contribution in [0.25, 0.3) is 0 Å². The molecule has 0 aromatic carbocycles. The maximum absolute atomic E-state index is 12.9. The molecule has 75 heavy (non-hydrogen) atoms. The molecule has 0 heterocycles. The van der Waals surface area contributed by atoms with Crippen LogP contribution in [0.1, 0.15) is 290 Å². The van der Waals surface area contributed by atoms with E-state index in [4.69, 9.17) is 14.2 Å². The van der Waals surface area contributed by atoms with Crippen molar-refractivity contribution in [2.24, 2.45) is 0 Å². The third-order valence-electron chi connectivity index (χ3n) is 13.3. The minimum absolute atomic E-state index is 0.0980. The minimum Gasteiger partial charge on any atom is -0.462 e. The predicted molar refractivity (Wildman–Crippen MR) is 325 cm³/mol. The van der Waals surface area contributed by atoms with Crippen LogP contribution in [0.4, 0.5) is 0 Å². The van der Waals surface area contributed by atoms with Gasteiger partial charge in [0, 0.05) is 19.3 Å². The third kappa shape index (κ3) is 60.8. The minimum atomic E-state index is -0.807. The lowest BCUT2D eigenvalue weighted by Gasteiger charge is -2.18. The van der Waals surface area contributed by atoms with Gasteiger partial charge in [0.1, 0.15) is 13.2 Å². The van der Waals surface area contributed by atoms with Crippen LogP contribution in [-0.2, 0) is 28.6 Å². The van der Waals surface area contributed by atoms with E-state index in [1.165, 1.54) is 116 Å². The summed E-state index contributed by atoms with van der Waals surface area (Å²) < 4.78 is 16.9. The van der Waals surface area contributed by atoms with Crippen molar-refractivity contribution >= 4 is 17.9 Å². The second-order valence-corrected chi connectivity index (χ2v) is 20.6. The van der Waals surface area contributed by atoms with Crippen molar-refractivity contribution in [2.45, 2.75) is 297 Å². The van der Waals surface area contributed by atoms with Crippen LogP contribution in [0.5, 0.6) is 0 Å². The molecule has 0 rings (SSSR count). The Kier molecular flexibility index (Phi) is 59.3. The molecule has 6 nitrogen and oxygen atoms in total. The molecule has 0 fully saturated rings. The first kappa shape index (κ1) is 71.1. The average molecular weight is 1040 g/mol. The Labute approximate surface area is 463 Å². The standard InChI is InChI=1S/C69H116O6/c1-4-7-10-13-16-19-22-25-28-31-33-34-36-39-41-44-47-50-53-56-59-62-68(71)74-65-66(75-69(72)63-60-57-54-51-48-45-42-37-30-27-24-21-18-15-12-9-6-3)64-73-67(70)61-58-55-52-49-46-43-40-38-35-32-29-26-23-20-17-14-11-8-5-2/h8-9,11-12,17-18,20-21,26-27,29-30,35,38,42-43,45-46,66H,4-7,10,13-16,19,22-25,28,31-34,36-37,39-41,44,47-65H2,1-3H3/b11-8-,12-9-,20-17-,21-18-,29-26-,30-27-,38-35-,45-42-,46-43-/t66-/m1/s1. The molecule has 0 N–H and O–H groups in total. The largest absolute Gasteiger partial charge is 0.462 e. The van der Waals surface area contributed by atoms with Crippen molar-refractivity contribution in [3.8, 4) is 0 Å². The van der Waals surface area contributed by atoms with Gasteiger partial charge in [0.15, 0.2) is 6.10 Å². The predicted octanol–water partition coefficient (Wildman–Crippen LogP) is 21.4. The zero-order valence-corrected chi connectivity index (χ0v) is 49.0. The van der Waals surface area contributed by atoms with E-state index in [2.05, 4.69) is 130 Å². The van der Waals surface area contributed by atoms with Gasteiger partial charge in [-0.2, -0.15) is 0 Å². The van der Waals surface area contributed by atoms with Crippen molar-refractivity contribution in [1.82, 2.24) is 0 Å². The van der Waals surface area contributed by atoms with Gasteiger partial charge < -0.3 is 14.2 Å². The first-order chi connectivity index (χ1) is 37.0. The molecule has 0 saturated heterocycles. The summed E-state index contributed by atoms with van der Waals surface area (Å²) in [6.45, 7) is 6.39. The number of allylic oxidation sites excluding steroid dienone is 18. The van der Waals surface area contributed by atoms with Crippen LogP contribution < -0.4 is 0 Å². The second kappa shape index (κ2) is 62.6. The molecular weight excluding hydrogens is 925 g/mol. The van der Waals surface area contributed by atoms with Gasteiger partial charge in [-0.25, -0.2) is 0 Å². The van der Waals surface area contributed by atoms with Gasteiger partial charge in [-0.1, -0.05) is 278 Å². The fourth-order valence-electron chi connectivity index (χ4n) is 8.64. The van der Waals surface area contributed by atoms with E-state index < -0.39 is 6.10 Å². The lowest BCUT2D eigenvalue weighted by molar-refractivity contribution is -0.167. The highest BCUT2D eigenvalue weighted by atomic mass is 16.6. The Morgan fingerprint density at radius 1 is 0.280 bits per heavy atom. The van der Waals surface area contributed by atoms with Crippen LogP contribution in [0.2, 0.25) is 0 Å². The topological polar surface area (TPSA) is 78.9 Å². The maximum atomic E-state index is 12.9. The third-order valence-corrected chi connectivity index (χ3v) is 13.3. The average Bonchev–Trinajstić information content (AvgIpc) is 3.41. The highest BCUT2D eigenvalue weighted by Gasteiger charge is 2.19. The molecule has 1 atom stereocenters. The molecule has 0 saturated carbocycles. The smallest absolute Gasteiger partial charge is 0.306 e. The molecule has 0 bridgehead atoms. The molecule has 0 aromatic heterocycles. The zero-order chi connectivity index (χ0) is 54.3. The zero-order valence-electron chi connectivity index (χ0n) is 49.0. The summed E-state index contributed by atoms with van der Waals surface area (Å²) in [6, 6.07) is 0. The summed E-state index contributed by atoms with van der Waals surface area (Å²) in [5, 5.41) is 0. The molecule has 0 aliphatic heterocycles. The van der Waals surface area contributed by atoms with Gasteiger partial charge in [-0.3, -0.25) is 14.4 Å². The lowest BCUT2D eigenvalue weighted by Crippen LogP contribution is -2.30. The molecule has 0 spiro atoms. The molecule has 0 amide bonds. The van der Waals surface area contributed by atoms with E-state index >= 15 is 0 Å². The molecule has 0 aliphatic rings. The number of unbranched alkanes of at least 4 members (excludes halogenated alkanes) is 27. The summed E-state index contributed by atoms with van der Waals surface area (Å²) in [5.41, 5.74) is 0. The molecule has 0 unspecified atom stereocenters. The van der Waals surface area contributed by atoms with Crippen molar-refractivity contribution in [1.29, 1.82) is 0 Å². The quantitative estimate of drug-likeness (QED) is 0.0261. The van der Waals surface area contributed by atoms with E-state index in [0.29, 0.717) is 19.3 Å². The van der Waals surface area contributed by atoms with Crippen molar-refractivity contribution < 1.29 is 28.6 Å². The first-order valence-electron chi connectivity index (χ1n) is 31.4. The lowest BCUT2D eigenvalue weighted by atomic mass is 10.0. The van der Waals surface area contributed by atoms with Crippen LogP contribution in [0.15, 0.2) is 109 Å². The highest BCUT2D eigenvalue weighted by molar-refractivity contribution is 5.71. The Morgan fingerprint density at radius 2 is 0.520 bits per heavy atom. The SMILES string of the molecule is CC/C=C\C/C=C\C/C=C\C/C=C\C/C=C\CCCCCC(=O)OC[C@H](COC(=O)CCCCCCCCCCCCCCCCCCCCCCC)OC(=O)CCCCCC/C=C\C/C=C\C/C=C\C/C=C\CC. The Balaban J connectivity index is 4.45. The Hall–Kier alpha value is -3.93. The summed E-state index contributed by atoms with van der Waals surface area (Å²) >= 11 is 0. The van der Waals surface area contributed by atoms with E-state index in [0.717, 1.165) is 135 Å². The molecular formula is C69H116O6. The van der Waals surface area contributed by atoms with E-state index in [1.54, 1.807) is 0 Å². The van der Waals surface area contributed by atoms with Crippen LogP contribution >= 0.6 is 0 Å². The number of carbonyl (C=O) groups is 3. The van der Waals surface area contributed by atoms with Crippen molar-refractivity contribution in [3.63, 3.8) is 0 Å². The molecule has 428 valence electrons. The van der Waals surface area contributed by atoms with Gasteiger partial charge in [0.05, 0.1) is 0 Å². The van der Waals surface area contributed by atoms with Gasteiger partial charge in [0.25, 0.3) is 0 Å².